The quantitative estimate of drug-likeness (QED) is 0.709. The number of aryl methyl sites for hydroxylation is 3. The fraction of sp³-hybridized carbons (Fsp3) is 0.227. The van der Waals surface area contributed by atoms with Gasteiger partial charge in [-0.3, -0.25) is 4.79 Å². The van der Waals surface area contributed by atoms with Gasteiger partial charge in [0.05, 0.1) is 30.1 Å². The largest absolute Gasteiger partial charge is 0.392 e. The molecule has 0 bridgehead atoms. The molecule has 2 aromatic carbocycles. The summed E-state index contributed by atoms with van der Waals surface area (Å²) in [5.74, 6) is -1.94. The van der Waals surface area contributed by atoms with Gasteiger partial charge in [0.25, 0.3) is 0 Å². The molecule has 3 aromatic rings. The van der Waals surface area contributed by atoms with Crippen molar-refractivity contribution in [2.75, 3.05) is 5.32 Å². The summed E-state index contributed by atoms with van der Waals surface area (Å²) in [5.41, 5.74) is 5.49. The summed E-state index contributed by atoms with van der Waals surface area (Å²) < 4.78 is 26.4. The molecule has 0 saturated heterocycles. The molecule has 1 aliphatic carbocycles. The molecule has 5 nitrogen and oxygen atoms in total. The number of hydrogen-bond donors (Lipinski definition) is 2. The van der Waals surface area contributed by atoms with Crippen LogP contribution < -0.4 is 5.32 Å². The smallest absolute Gasteiger partial charge is 0.229 e. The third-order valence-corrected chi connectivity index (χ3v) is 4.99. The normalized spacial score (nSPS) is 12.3. The van der Waals surface area contributed by atoms with Gasteiger partial charge in [0.2, 0.25) is 5.91 Å². The summed E-state index contributed by atoms with van der Waals surface area (Å²) in [4.78, 5) is 21.6. The summed E-state index contributed by atoms with van der Waals surface area (Å²) in [6.07, 6.45) is 1.36. The topological polar surface area (TPSA) is 75.1 Å². The molecule has 29 heavy (non-hydrogen) atoms. The van der Waals surface area contributed by atoms with Crippen LogP contribution in [0.3, 0.4) is 0 Å². The number of benzene rings is 2. The van der Waals surface area contributed by atoms with E-state index in [2.05, 4.69) is 15.3 Å². The number of nitrogens with zero attached hydrogens (tertiary/aromatic N) is 2. The van der Waals surface area contributed by atoms with Crippen molar-refractivity contribution in [2.24, 2.45) is 0 Å². The van der Waals surface area contributed by atoms with E-state index in [4.69, 9.17) is 0 Å². The van der Waals surface area contributed by atoms with Crippen molar-refractivity contribution in [2.45, 2.75) is 32.8 Å². The molecule has 0 aliphatic heterocycles. The Labute approximate surface area is 166 Å². The standard InChI is InChI=1S/C22H19F2N3O2/c1-12-22(27-20(29)10-13-3-6-17(23)18(24)9-13)26-19-7-4-15-8-14(11-28)2-5-16(15)21(19)25-12/h2-3,5-6,8-9,28H,4,7,10-11H2,1H3,(H,26,27,29). The first-order valence-electron chi connectivity index (χ1n) is 9.29. The predicted molar refractivity (Wildman–Crippen MR) is 104 cm³/mol. The summed E-state index contributed by atoms with van der Waals surface area (Å²) in [6.45, 7) is 1.75. The highest BCUT2D eigenvalue weighted by Crippen LogP contribution is 2.33. The highest BCUT2D eigenvalue weighted by molar-refractivity contribution is 5.92. The number of nitrogens with one attached hydrogen (secondary N) is 1. The van der Waals surface area contributed by atoms with Gasteiger partial charge >= 0.3 is 0 Å². The first-order chi connectivity index (χ1) is 13.9. The second-order valence-corrected chi connectivity index (χ2v) is 7.08. The van der Waals surface area contributed by atoms with Crippen LogP contribution in [0.5, 0.6) is 0 Å². The summed E-state index contributed by atoms with van der Waals surface area (Å²) in [7, 11) is 0. The molecule has 1 aliphatic rings. The third-order valence-electron chi connectivity index (χ3n) is 4.99. The first kappa shape index (κ1) is 19.1. The molecule has 0 saturated carbocycles. The minimum Gasteiger partial charge on any atom is -0.392 e. The first-order valence-corrected chi connectivity index (χ1v) is 9.29. The van der Waals surface area contributed by atoms with E-state index in [0.29, 0.717) is 23.5 Å². The van der Waals surface area contributed by atoms with Crippen LogP contribution in [0.2, 0.25) is 0 Å². The zero-order valence-electron chi connectivity index (χ0n) is 15.8. The van der Waals surface area contributed by atoms with Crippen LogP contribution in [0.4, 0.5) is 14.6 Å². The van der Waals surface area contributed by atoms with E-state index in [1.807, 2.05) is 18.2 Å². The number of hydrogen-bond acceptors (Lipinski definition) is 4. The van der Waals surface area contributed by atoms with Crippen molar-refractivity contribution in [3.05, 3.63) is 76.1 Å². The molecule has 7 heteroatoms. The number of carbonyl (C=O) groups excluding carboxylic acids is 1. The lowest BCUT2D eigenvalue weighted by atomic mass is 9.90. The van der Waals surface area contributed by atoms with E-state index in [-0.39, 0.29) is 18.9 Å². The molecule has 0 radical (unpaired) electrons. The minimum atomic E-state index is -0.983. The van der Waals surface area contributed by atoms with Crippen LogP contribution in [-0.2, 0) is 30.7 Å². The highest BCUT2D eigenvalue weighted by Gasteiger charge is 2.21. The number of amides is 1. The zero-order valence-corrected chi connectivity index (χ0v) is 15.8. The number of aliphatic hydroxyl groups excluding tert-OH is 1. The van der Waals surface area contributed by atoms with Crippen molar-refractivity contribution in [3.8, 4) is 11.3 Å². The zero-order chi connectivity index (χ0) is 20.5. The fourth-order valence-electron chi connectivity index (χ4n) is 3.51. The SMILES string of the molecule is Cc1nc2c(nc1NC(=O)Cc1ccc(F)c(F)c1)CCc1cc(CO)ccc1-2. The molecule has 0 spiro atoms. The molecule has 1 heterocycles. The maximum Gasteiger partial charge on any atom is 0.229 e. The number of anilines is 1. The minimum absolute atomic E-state index is 0.00618. The second kappa shape index (κ2) is 7.67. The van der Waals surface area contributed by atoms with Gasteiger partial charge in [-0.15, -0.1) is 0 Å². The molecule has 1 aromatic heterocycles. The van der Waals surface area contributed by atoms with Crippen LogP contribution in [0.25, 0.3) is 11.3 Å². The molecule has 4 rings (SSSR count). The van der Waals surface area contributed by atoms with Gasteiger partial charge in [-0.2, -0.15) is 0 Å². The Kier molecular flexibility index (Phi) is 5.07. The Morgan fingerprint density at radius 2 is 1.86 bits per heavy atom. The molecule has 0 fully saturated rings. The lowest BCUT2D eigenvalue weighted by molar-refractivity contribution is -0.115. The number of carbonyl (C=O) groups is 1. The summed E-state index contributed by atoms with van der Waals surface area (Å²) >= 11 is 0. The van der Waals surface area contributed by atoms with E-state index in [0.717, 1.165) is 46.6 Å². The average molecular weight is 395 g/mol. The number of halogens is 2. The molecule has 1 amide bonds. The highest BCUT2D eigenvalue weighted by atomic mass is 19.2. The number of aromatic nitrogens is 2. The third kappa shape index (κ3) is 3.86. The van der Waals surface area contributed by atoms with Crippen molar-refractivity contribution >= 4 is 11.7 Å². The van der Waals surface area contributed by atoms with Crippen molar-refractivity contribution in [3.63, 3.8) is 0 Å². The number of fused-ring (bicyclic) bond motifs is 3. The van der Waals surface area contributed by atoms with Crippen LogP contribution in [0, 0.1) is 18.6 Å². The van der Waals surface area contributed by atoms with Gasteiger partial charge < -0.3 is 10.4 Å². The van der Waals surface area contributed by atoms with Crippen molar-refractivity contribution < 1.29 is 18.7 Å². The van der Waals surface area contributed by atoms with Crippen LogP contribution in [0.15, 0.2) is 36.4 Å². The lowest BCUT2D eigenvalue weighted by Gasteiger charge is -2.20. The van der Waals surface area contributed by atoms with Crippen molar-refractivity contribution in [1.82, 2.24) is 9.97 Å². The maximum absolute atomic E-state index is 13.3. The van der Waals surface area contributed by atoms with Crippen LogP contribution in [0.1, 0.15) is 28.1 Å². The Morgan fingerprint density at radius 3 is 2.62 bits per heavy atom. The van der Waals surface area contributed by atoms with E-state index >= 15 is 0 Å². The number of rotatable bonds is 4. The maximum atomic E-state index is 13.3. The molecule has 0 atom stereocenters. The second-order valence-electron chi connectivity index (χ2n) is 7.08. The van der Waals surface area contributed by atoms with E-state index in [1.54, 1.807) is 6.92 Å². The summed E-state index contributed by atoms with van der Waals surface area (Å²) in [6, 6.07) is 9.17. The van der Waals surface area contributed by atoms with Gasteiger partial charge in [0.15, 0.2) is 17.5 Å². The molecular weight excluding hydrogens is 376 g/mol. The van der Waals surface area contributed by atoms with Gasteiger partial charge in [0.1, 0.15) is 0 Å². The molecule has 148 valence electrons. The Balaban J connectivity index is 1.57. The lowest BCUT2D eigenvalue weighted by Crippen LogP contribution is -2.19. The fourth-order valence-corrected chi connectivity index (χ4v) is 3.51. The Hall–Kier alpha value is -3.19. The average Bonchev–Trinajstić information content (AvgIpc) is 2.71. The van der Waals surface area contributed by atoms with Gasteiger partial charge in [-0.1, -0.05) is 24.3 Å². The summed E-state index contributed by atoms with van der Waals surface area (Å²) in [5, 5.41) is 12.0. The Morgan fingerprint density at radius 1 is 1.07 bits per heavy atom. The van der Waals surface area contributed by atoms with Gasteiger partial charge in [-0.25, -0.2) is 18.7 Å². The predicted octanol–water partition coefficient (Wildman–Crippen LogP) is 3.50. The molecular formula is C22H19F2N3O2. The van der Waals surface area contributed by atoms with Crippen LogP contribution in [-0.4, -0.2) is 21.0 Å². The number of aliphatic hydroxyl groups is 1. The molecule has 2 N–H and O–H groups in total. The Bertz CT molecular complexity index is 1120. The van der Waals surface area contributed by atoms with Gasteiger partial charge in [-0.05, 0) is 48.6 Å². The van der Waals surface area contributed by atoms with E-state index in [1.165, 1.54) is 6.07 Å². The van der Waals surface area contributed by atoms with E-state index in [9.17, 15) is 18.7 Å². The van der Waals surface area contributed by atoms with Crippen molar-refractivity contribution in [1.29, 1.82) is 0 Å². The molecule has 0 unspecified atom stereocenters. The van der Waals surface area contributed by atoms with E-state index < -0.39 is 11.6 Å². The van der Waals surface area contributed by atoms with Gasteiger partial charge in [0, 0.05) is 5.56 Å². The van der Waals surface area contributed by atoms with Crippen LogP contribution >= 0.6 is 0 Å². The monoisotopic (exact) mass is 395 g/mol.